The molecule has 2 aliphatic rings. The number of carbonyl (C=O) groups excluding carboxylic acids is 1. The zero-order valence-corrected chi connectivity index (χ0v) is 10.7. The van der Waals surface area contributed by atoms with Gasteiger partial charge in [0.25, 0.3) is 5.91 Å². The molecule has 0 radical (unpaired) electrons. The second-order valence-electron chi connectivity index (χ2n) is 5.01. The van der Waals surface area contributed by atoms with Crippen LogP contribution in [0.25, 0.3) is 0 Å². The van der Waals surface area contributed by atoms with Crippen LogP contribution < -0.4 is 0 Å². The molecule has 0 bridgehead atoms. The van der Waals surface area contributed by atoms with Crippen LogP contribution in [-0.2, 0) is 19.1 Å². The molecule has 0 spiro atoms. The predicted octanol–water partition coefficient (Wildman–Crippen LogP) is 0.254. The normalized spacial score (nSPS) is 36.7. The predicted molar refractivity (Wildman–Crippen MR) is 62.1 cm³/mol. The number of amides is 1. The molecular weight excluding hydrogens is 238 g/mol. The standard InChI is InChI=1S/C12H19NO5/c1-7-6-17-8(2)5-13(7)11(14)9-3-4-10(18-9)12(15)16/h7-10H,3-6H2,1-2H3,(H,15,16). The summed E-state index contributed by atoms with van der Waals surface area (Å²) in [7, 11) is 0. The molecule has 4 unspecified atom stereocenters. The minimum absolute atomic E-state index is 0.0150. The number of carboxylic acid groups (broad SMARTS) is 1. The van der Waals surface area contributed by atoms with Gasteiger partial charge in [0.05, 0.1) is 18.8 Å². The fraction of sp³-hybridized carbons (Fsp3) is 0.833. The van der Waals surface area contributed by atoms with Crippen LogP contribution in [0.15, 0.2) is 0 Å². The summed E-state index contributed by atoms with van der Waals surface area (Å²) in [6.45, 7) is 4.90. The fourth-order valence-corrected chi connectivity index (χ4v) is 2.40. The Hall–Kier alpha value is -1.14. The first-order valence-corrected chi connectivity index (χ1v) is 6.29. The zero-order valence-electron chi connectivity index (χ0n) is 10.7. The van der Waals surface area contributed by atoms with Crippen LogP contribution in [0.4, 0.5) is 0 Å². The van der Waals surface area contributed by atoms with Gasteiger partial charge >= 0.3 is 5.97 Å². The highest BCUT2D eigenvalue weighted by Gasteiger charge is 2.39. The van der Waals surface area contributed by atoms with E-state index < -0.39 is 18.2 Å². The van der Waals surface area contributed by atoms with E-state index in [0.717, 1.165) is 0 Å². The molecule has 18 heavy (non-hydrogen) atoms. The summed E-state index contributed by atoms with van der Waals surface area (Å²) in [6.07, 6.45) is -0.553. The van der Waals surface area contributed by atoms with E-state index in [2.05, 4.69) is 0 Å². The van der Waals surface area contributed by atoms with Crippen molar-refractivity contribution in [2.45, 2.75) is 51.0 Å². The van der Waals surface area contributed by atoms with E-state index in [1.807, 2.05) is 13.8 Å². The third-order valence-corrected chi connectivity index (χ3v) is 3.46. The summed E-state index contributed by atoms with van der Waals surface area (Å²) in [6, 6.07) is 0.0150. The van der Waals surface area contributed by atoms with Crippen molar-refractivity contribution < 1.29 is 24.2 Å². The van der Waals surface area contributed by atoms with Crippen molar-refractivity contribution in [2.24, 2.45) is 0 Å². The Kier molecular flexibility index (Phi) is 3.87. The van der Waals surface area contributed by atoms with Gasteiger partial charge < -0.3 is 19.5 Å². The van der Waals surface area contributed by atoms with Crippen molar-refractivity contribution in [3.8, 4) is 0 Å². The van der Waals surface area contributed by atoms with Gasteiger partial charge in [0.2, 0.25) is 0 Å². The van der Waals surface area contributed by atoms with E-state index in [0.29, 0.717) is 26.0 Å². The number of hydrogen-bond acceptors (Lipinski definition) is 4. The van der Waals surface area contributed by atoms with E-state index in [4.69, 9.17) is 14.6 Å². The van der Waals surface area contributed by atoms with Gasteiger partial charge in [0, 0.05) is 6.54 Å². The molecule has 102 valence electrons. The molecule has 6 nitrogen and oxygen atoms in total. The number of morpholine rings is 1. The SMILES string of the molecule is CC1CN(C(=O)C2CCC(C(=O)O)O2)C(C)CO1. The van der Waals surface area contributed by atoms with Crippen molar-refractivity contribution in [3.63, 3.8) is 0 Å². The van der Waals surface area contributed by atoms with Gasteiger partial charge in [-0.15, -0.1) is 0 Å². The smallest absolute Gasteiger partial charge is 0.332 e. The van der Waals surface area contributed by atoms with Crippen molar-refractivity contribution in [2.75, 3.05) is 13.2 Å². The first-order chi connectivity index (χ1) is 8.49. The average molecular weight is 257 g/mol. The van der Waals surface area contributed by atoms with Crippen LogP contribution >= 0.6 is 0 Å². The van der Waals surface area contributed by atoms with Gasteiger partial charge in [0.15, 0.2) is 6.10 Å². The Bertz CT molecular complexity index is 345. The fourth-order valence-electron chi connectivity index (χ4n) is 2.40. The maximum Gasteiger partial charge on any atom is 0.332 e. The van der Waals surface area contributed by atoms with Crippen molar-refractivity contribution in [1.29, 1.82) is 0 Å². The zero-order chi connectivity index (χ0) is 13.3. The number of rotatable bonds is 2. The number of carboxylic acids is 1. The Balaban J connectivity index is 1.97. The van der Waals surface area contributed by atoms with E-state index in [-0.39, 0.29) is 18.1 Å². The first-order valence-electron chi connectivity index (χ1n) is 6.29. The highest BCUT2D eigenvalue weighted by Crippen LogP contribution is 2.23. The highest BCUT2D eigenvalue weighted by atomic mass is 16.5. The van der Waals surface area contributed by atoms with E-state index in [1.165, 1.54) is 0 Å². The molecule has 0 saturated carbocycles. The topological polar surface area (TPSA) is 76.1 Å². The van der Waals surface area contributed by atoms with E-state index in [1.54, 1.807) is 4.90 Å². The number of aliphatic carboxylic acids is 1. The van der Waals surface area contributed by atoms with Gasteiger partial charge in [0.1, 0.15) is 6.10 Å². The van der Waals surface area contributed by atoms with Crippen LogP contribution in [0, 0.1) is 0 Å². The Morgan fingerprint density at radius 3 is 2.50 bits per heavy atom. The number of ether oxygens (including phenoxy) is 2. The summed E-state index contributed by atoms with van der Waals surface area (Å²) < 4.78 is 10.8. The summed E-state index contributed by atoms with van der Waals surface area (Å²) in [5.41, 5.74) is 0. The quantitative estimate of drug-likeness (QED) is 0.767. The Morgan fingerprint density at radius 1 is 1.22 bits per heavy atom. The maximum atomic E-state index is 12.3. The molecule has 1 N–H and O–H groups in total. The van der Waals surface area contributed by atoms with Crippen LogP contribution in [0.2, 0.25) is 0 Å². The summed E-state index contributed by atoms with van der Waals surface area (Å²) in [5, 5.41) is 8.85. The van der Waals surface area contributed by atoms with Crippen molar-refractivity contribution in [1.82, 2.24) is 4.90 Å². The molecule has 0 aromatic heterocycles. The molecule has 0 aliphatic carbocycles. The van der Waals surface area contributed by atoms with Crippen LogP contribution in [0.1, 0.15) is 26.7 Å². The molecule has 0 aromatic carbocycles. The average Bonchev–Trinajstić information content (AvgIpc) is 2.81. The number of carbonyl (C=O) groups is 2. The minimum atomic E-state index is -0.992. The molecule has 2 aliphatic heterocycles. The summed E-state index contributed by atoms with van der Waals surface area (Å²) in [4.78, 5) is 24.8. The Labute approximate surface area is 106 Å². The Morgan fingerprint density at radius 2 is 1.89 bits per heavy atom. The van der Waals surface area contributed by atoms with E-state index >= 15 is 0 Å². The molecule has 2 saturated heterocycles. The lowest BCUT2D eigenvalue weighted by Gasteiger charge is -2.38. The highest BCUT2D eigenvalue weighted by molar-refractivity contribution is 5.83. The third-order valence-electron chi connectivity index (χ3n) is 3.46. The molecule has 4 atom stereocenters. The monoisotopic (exact) mass is 257 g/mol. The van der Waals surface area contributed by atoms with E-state index in [9.17, 15) is 9.59 Å². The first kappa shape index (κ1) is 13.3. The molecule has 2 rings (SSSR count). The van der Waals surface area contributed by atoms with Gasteiger partial charge in [-0.1, -0.05) is 0 Å². The molecule has 0 aromatic rings. The van der Waals surface area contributed by atoms with Gasteiger partial charge in [-0.2, -0.15) is 0 Å². The lowest BCUT2D eigenvalue weighted by atomic mass is 10.1. The van der Waals surface area contributed by atoms with Crippen molar-refractivity contribution in [3.05, 3.63) is 0 Å². The minimum Gasteiger partial charge on any atom is -0.479 e. The second-order valence-corrected chi connectivity index (χ2v) is 5.01. The maximum absolute atomic E-state index is 12.3. The lowest BCUT2D eigenvalue weighted by molar-refractivity contribution is -0.160. The van der Waals surface area contributed by atoms with Gasteiger partial charge in [-0.3, -0.25) is 4.79 Å². The third kappa shape index (κ3) is 2.64. The van der Waals surface area contributed by atoms with Crippen LogP contribution in [-0.4, -0.2) is 59.4 Å². The second kappa shape index (κ2) is 5.24. The van der Waals surface area contributed by atoms with Crippen LogP contribution in [0.5, 0.6) is 0 Å². The largest absolute Gasteiger partial charge is 0.479 e. The van der Waals surface area contributed by atoms with Gasteiger partial charge in [-0.05, 0) is 26.7 Å². The van der Waals surface area contributed by atoms with Gasteiger partial charge in [-0.25, -0.2) is 4.79 Å². The molecule has 1 amide bonds. The number of nitrogens with zero attached hydrogens (tertiary/aromatic N) is 1. The molecule has 6 heteroatoms. The van der Waals surface area contributed by atoms with Crippen LogP contribution in [0.3, 0.4) is 0 Å². The summed E-state index contributed by atoms with van der Waals surface area (Å²) >= 11 is 0. The summed E-state index contributed by atoms with van der Waals surface area (Å²) in [5.74, 6) is -1.10. The molecule has 2 heterocycles. The number of hydrogen-bond donors (Lipinski definition) is 1. The molecular formula is C12H19NO5. The lowest BCUT2D eigenvalue weighted by Crippen LogP contribution is -2.53. The molecule has 2 fully saturated rings. The van der Waals surface area contributed by atoms with Crippen molar-refractivity contribution >= 4 is 11.9 Å².